The summed E-state index contributed by atoms with van der Waals surface area (Å²) in [6, 6.07) is 11.6. The summed E-state index contributed by atoms with van der Waals surface area (Å²) < 4.78 is 26.4. The summed E-state index contributed by atoms with van der Waals surface area (Å²) in [7, 11) is 0. The summed E-state index contributed by atoms with van der Waals surface area (Å²) in [6.07, 6.45) is 0.661. The molecule has 0 fully saturated rings. The maximum atomic E-state index is 13.3. The van der Waals surface area contributed by atoms with E-state index < -0.39 is 5.82 Å². The highest BCUT2D eigenvalue weighted by Gasteiger charge is 2.35. The Labute approximate surface area is 157 Å². The van der Waals surface area contributed by atoms with Gasteiger partial charge in [-0.1, -0.05) is 26.0 Å². The number of aliphatic hydroxyl groups excluding tert-OH is 1. The Morgan fingerprint density at radius 3 is 2.11 bits per heavy atom. The van der Waals surface area contributed by atoms with Gasteiger partial charge >= 0.3 is 0 Å². The lowest BCUT2D eigenvalue weighted by molar-refractivity contribution is -0.117. The minimum atomic E-state index is -0.397. The Kier molecular flexibility index (Phi) is 5.22. The van der Waals surface area contributed by atoms with Crippen molar-refractivity contribution in [3.63, 3.8) is 0 Å². The number of carbonyl (C=O) groups excluding carboxylic acids is 1. The van der Waals surface area contributed by atoms with Gasteiger partial charge in [0.15, 0.2) is 5.78 Å². The van der Waals surface area contributed by atoms with E-state index in [2.05, 4.69) is 4.99 Å². The molecule has 2 aromatic rings. The van der Waals surface area contributed by atoms with E-state index in [1.807, 2.05) is 13.8 Å². The molecule has 1 aliphatic rings. The molecule has 0 aromatic heterocycles. The first kappa shape index (κ1) is 19.0. The molecule has 0 bridgehead atoms. The fourth-order valence-electron chi connectivity index (χ4n) is 3.24. The molecule has 2 aromatic carbocycles. The summed E-state index contributed by atoms with van der Waals surface area (Å²) in [5, 5.41) is 10.5. The predicted octanol–water partition coefficient (Wildman–Crippen LogP) is 5.16. The zero-order chi connectivity index (χ0) is 19.6. The van der Waals surface area contributed by atoms with Crippen LogP contribution in [0, 0.1) is 17.0 Å². The van der Waals surface area contributed by atoms with Gasteiger partial charge in [0.2, 0.25) is 0 Å². The van der Waals surface area contributed by atoms with E-state index in [0.29, 0.717) is 24.1 Å². The van der Waals surface area contributed by atoms with Gasteiger partial charge in [-0.15, -0.1) is 0 Å². The van der Waals surface area contributed by atoms with Gasteiger partial charge in [0.1, 0.15) is 17.4 Å². The van der Waals surface area contributed by atoms with E-state index in [-0.39, 0.29) is 34.9 Å². The molecule has 27 heavy (non-hydrogen) atoms. The number of Topliss-reactive ketones (excluding diaryl/α,β-unsaturated/α-hetero) is 1. The number of aliphatic imine (C=N–C) groups is 1. The van der Waals surface area contributed by atoms with Gasteiger partial charge in [-0.3, -0.25) is 9.79 Å². The highest BCUT2D eigenvalue weighted by molar-refractivity contribution is 6.29. The first-order chi connectivity index (χ1) is 12.7. The summed E-state index contributed by atoms with van der Waals surface area (Å²) in [4.78, 5) is 17.3. The zero-order valence-electron chi connectivity index (χ0n) is 15.3. The van der Waals surface area contributed by atoms with Crippen LogP contribution in [0.4, 0.5) is 8.78 Å². The molecule has 0 saturated carbocycles. The standard InChI is InChI=1S/C22H21F2NO2/c1-22(2)11-18(26)20(19(27)12-22)21(15-5-9-17(24)10-6-15)25-13-14-3-7-16(23)8-4-14/h3-10,26H,11-13H2,1-2H3. The van der Waals surface area contributed by atoms with Crippen LogP contribution in [0.1, 0.15) is 37.8 Å². The van der Waals surface area contributed by atoms with Gasteiger partial charge in [0.05, 0.1) is 17.8 Å². The lowest BCUT2D eigenvalue weighted by Gasteiger charge is -2.30. The second kappa shape index (κ2) is 7.43. The Morgan fingerprint density at radius 1 is 1.00 bits per heavy atom. The van der Waals surface area contributed by atoms with Gasteiger partial charge in [-0.05, 0) is 47.4 Å². The van der Waals surface area contributed by atoms with Crippen LogP contribution in [0.2, 0.25) is 0 Å². The topological polar surface area (TPSA) is 49.7 Å². The minimum absolute atomic E-state index is 0.00145. The van der Waals surface area contributed by atoms with Crippen LogP contribution in [-0.2, 0) is 11.3 Å². The van der Waals surface area contributed by atoms with Gasteiger partial charge < -0.3 is 5.11 Å². The Hall–Kier alpha value is -2.82. The van der Waals surface area contributed by atoms with Crippen LogP contribution in [0.3, 0.4) is 0 Å². The van der Waals surface area contributed by atoms with Gasteiger partial charge in [0, 0.05) is 18.4 Å². The molecule has 5 heteroatoms. The molecule has 1 aliphatic carbocycles. The molecular formula is C22H21F2NO2. The highest BCUT2D eigenvalue weighted by Crippen LogP contribution is 2.37. The van der Waals surface area contributed by atoms with Crippen LogP contribution in [0.5, 0.6) is 0 Å². The second-order valence-electron chi connectivity index (χ2n) is 7.56. The predicted molar refractivity (Wildman–Crippen MR) is 101 cm³/mol. The van der Waals surface area contributed by atoms with Gasteiger partial charge in [0.25, 0.3) is 0 Å². The summed E-state index contributed by atoms with van der Waals surface area (Å²) in [6.45, 7) is 4.05. The first-order valence-electron chi connectivity index (χ1n) is 8.76. The fraction of sp³-hybridized carbons (Fsp3) is 0.273. The molecule has 0 unspecified atom stereocenters. The number of benzene rings is 2. The van der Waals surface area contributed by atoms with Crippen molar-refractivity contribution in [2.45, 2.75) is 33.2 Å². The van der Waals surface area contributed by atoms with E-state index in [9.17, 15) is 18.7 Å². The fourth-order valence-corrected chi connectivity index (χ4v) is 3.24. The summed E-state index contributed by atoms with van der Waals surface area (Å²) >= 11 is 0. The number of halogens is 2. The summed E-state index contributed by atoms with van der Waals surface area (Å²) in [5.41, 5.74) is 1.50. The molecule has 0 amide bonds. The molecular weight excluding hydrogens is 348 g/mol. The lowest BCUT2D eigenvalue weighted by Crippen LogP contribution is -2.29. The average Bonchev–Trinajstić information content (AvgIpc) is 2.58. The number of ketones is 1. The highest BCUT2D eigenvalue weighted by atomic mass is 19.1. The average molecular weight is 369 g/mol. The molecule has 0 spiro atoms. The van der Waals surface area contributed by atoms with Crippen molar-refractivity contribution in [1.82, 2.24) is 0 Å². The van der Waals surface area contributed by atoms with Crippen LogP contribution in [0.25, 0.3) is 0 Å². The number of aliphatic hydroxyl groups is 1. The van der Waals surface area contributed by atoms with Crippen LogP contribution in [0.15, 0.2) is 64.9 Å². The molecule has 140 valence electrons. The number of carbonyl (C=O) groups is 1. The van der Waals surface area contributed by atoms with Crippen molar-refractivity contribution >= 4 is 11.5 Å². The van der Waals surface area contributed by atoms with Gasteiger partial charge in [-0.2, -0.15) is 0 Å². The molecule has 0 saturated heterocycles. The van der Waals surface area contributed by atoms with E-state index >= 15 is 0 Å². The van der Waals surface area contributed by atoms with Crippen molar-refractivity contribution in [3.05, 3.63) is 82.6 Å². The lowest BCUT2D eigenvalue weighted by atomic mass is 9.75. The third-order valence-electron chi connectivity index (χ3n) is 4.54. The number of hydrogen-bond donors (Lipinski definition) is 1. The molecule has 0 atom stereocenters. The third-order valence-corrected chi connectivity index (χ3v) is 4.54. The molecule has 0 heterocycles. The maximum Gasteiger partial charge on any atom is 0.168 e. The van der Waals surface area contributed by atoms with Crippen LogP contribution in [-0.4, -0.2) is 16.6 Å². The number of rotatable bonds is 4. The van der Waals surface area contributed by atoms with E-state index in [4.69, 9.17) is 0 Å². The molecule has 1 N–H and O–H groups in total. The first-order valence-corrected chi connectivity index (χ1v) is 8.76. The SMILES string of the molecule is CC1(C)CC(=O)C(C(=NCc2ccc(F)cc2)c2ccc(F)cc2)=C(O)C1. The maximum absolute atomic E-state index is 13.3. The molecule has 3 rings (SSSR count). The van der Waals surface area contributed by atoms with E-state index in [0.717, 1.165) is 5.56 Å². The quantitative estimate of drug-likeness (QED) is 0.757. The van der Waals surface area contributed by atoms with Crippen molar-refractivity contribution in [2.75, 3.05) is 0 Å². The van der Waals surface area contributed by atoms with Crippen molar-refractivity contribution in [2.24, 2.45) is 10.4 Å². The largest absolute Gasteiger partial charge is 0.511 e. The third kappa shape index (κ3) is 4.48. The Balaban J connectivity index is 2.04. The molecule has 3 nitrogen and oxygen atoms in total. The summed E-state index contributed by atoms with van der Waals surface area (Å²) in [5.74, 6) is -0.929. The van der Waals surface area contributed by atoms with Crippen molar-refractivity contribution < 1.29 is 18.7 Å². The normalized spacial score (nSPS) is 17.3. The van der Waals surface area contributed by atoms with Gasteiger partial charge in [-0.25, -0.2) is 8.78 Å². The Morgan fingerprint density at radius 2 is 1.56 bits per heavy atom. The van der Waals surface area contributed by atoms with E-state index in [1.165, 1.54) is 36.4 Å². The smallest absolute Gasteiger partial charge is 0.168 e. The van der Waals surface area contributed by atoms with E-state index in [1.54, 1.807) is 12.1 Å². The Bertz CT molecular complexity index is 910. The monoisotopic (exact) mass is 369 g/mol. The number of nitrogens with zero attached hydrogens (tertiary/aromatic N) is 1. The minimum Gasteiger partial charge on any atom is -0.511 e. The van der Waals surface area contributed by atoms with Crippen molar-refractivity contribution in [1.29, 1.82) is 0 Å². The second-order valence-corrected chi connectivity index (χ2v) is 7.56. The molecule has 0 radical (unpaired) electrons. The van der Waals surface area contributed by atoms with Crippen molar-refractivity contribution in [3.8, 4) is 0 Å². The number of allylic oxidation sites excluding steroid dienone is 2. The van der Waals surface area contributed by atoms with Crippen LogP contribution < -0.4 is 0 Å². The number of hydrogen-bond acceptors (Lipinski definition) is 3. The zero-order valence-corrected chi connectivity index (χ0v) is 15.3. The molecule has 0 aliphatic heterocycles. The van der Waals surface area contributed by atoms with Crippen LogP contribution >= 0.6 is 0 Å².